The van der Waals surface area contributed by atoms with Crippen LogP contribution >= 0.6 is 0 Å². The molecular formula is C16H23N3O. The molecule has 2 heterocycles. The molecule has 2 N–H and O–H groups in total. The number of fused-ring (bicyclic) bond motifs is 1. The molecule has 1 aliphatic rings. The van der Waals surface area contributed by atoms with Gasteiger partial charge in [-0.1, -0.05) is 25.3 Å². The number of aliphatic hydroxyl groups excluding tert-OH is 1. The van der Waals surface area contributed by atoms with Crippen LogP contribution in [-0.4, -0.2) is 27.4 Å². The summed E-state index contributed by atoms with van der Waals surface area (Å²) in [5.74, 6) is 0.402. The van der Waals surface area contributed by atoms with E-state index in [1.165, 1.54) is 31.2 Å². The molecule has 4 heteroatoms. The van der Waals surface area contributed by atoms with Crippen molar-refractivity contribution in [1.29, 1.82) is 0 Å². The van der Waals surface area contributed by atoms with E-state index >= 15 is 0 Å². The zero-order chi connectivity index (χ0) is 13.8. The number of aliphatic hydroxyl groups is 1. The molecule has 2 aromatic rings. The Balaban J connectivity index is 1.68. The highest BCUT2D eigenvalue weighted by Crippen LogP contribution is 2.23. The van der Waals surface area contributed by atoms with Crippen molar-refractivity contribution in [2.24, 2.45) is 5.92 Å². The van der Waals surface area contributed by atoms with Gasteiger partial charge in [-0.05, 0) is 30.9 Å². The fraction of sp³-hybridized carbons (Fsp3) is 0.562. The zero-order valence-corrected chi connectivity index (χ0v) is 11.8. The molecule has 2 aromatic heterocycles. The molecule has 4 nitrogen and oxygen atoms in total. The predicted octanol–water partition coefficient (Wildman–Crippen LogP) is 2.37. The number of aromatic nitrogens is 2. The van der Waals surface area contributed by atoms with E-state index in [9.17, 15) is 5.11 Å². The third kappa shape index (κ3) is 2.86. The van der Waals surface area contributed by atoms with Gasteiger partial charge in [0, 0.05) is 31.0 Å². The number of hydrogen-bond donors (Lipinski definition) is 2. The third-order valence-electron chi connectivity index (χ3n) is 4.45. The Morgan fingerprint density at radius 1 is 1.25 bits per heavy atom. The molecule has 1 fully saturated rings. The lowest BCUT2D eigenvalue weighted by Crippen LogP contribution is -2.36. The molecule has 108 valence electrons. The molecule has 2 atom stereocenters. The van der Waals surface area contributed by atoms with Crippen molar-refractivity contribution in [2.45, 2.75) is 44.7 Å². The number of nitrogens with one attached hydrogen (secondary N) is 1. The van der Waals surface area contributed by atoms with Crippen molar-refractivity contribution in [3.63, 3.8) is 0 Å². The standard InChI is InChI=1S/C16H23N3O/c20-12-13-6-2-1-3-7-15(13)17-10-14-11-18-19-9-5-4-8-16(14)19/h4-5,8-9,11,13,15,17,20H,1-3,6-7,10,12H2/t13-,15+/m1/s1. The summed E-state index contributed by atoms with van der Waals surface area (Å²) in [5, 5.41) is 17.6. The summed E-state index contributed by atoms with van der Waals surface area (Å²) in [6, 6.07) is 6.56. The van der Waals surface area contributed by atoms with Gasteiger partial charge in [-0.2, -0.15) is 5.10 Å². The van der Waals surface area contributed by atoms with Crippen molar-refractivity contribution in [1.82, 2.24) is 14.9 Å². The highest BCUT2D eigenvalue weighted by molar-refractivity contribution is 5.53. The van der Waals surface area contributed by atoms with Crippen LogP contribution in [0.25, 0.3) is 5.52 Å². The first kappa shape index (κ1) is 13.6. The summed E-state index contributed by atoms with van der Waals surface area (Å²) in [7, 11) is 0. The summed E-state index contributed by atoms with van der Waals surface area (Å²) in [4.78, 5) is 0. The first-order valence-electron chi connectivity index (χ1n) is 7.64. The fourth-order valence-electron chi connectivity index (χ4n) is 3.24. The van der Waals surface area contributed by atoms with Crippen LogP contribution < -0.4 is 5.32 Å². The number of pyridine rings is 1. The van der Waals surface area contributed by atoms with E-state index < -0.39 is 0 Å². The number of hydrogen-bond acceptors (Lipinski definition) is 3. The second-order valence-corrected chi connectivity index (χ2v) is 5.77. The normalized spacial score (nSPS) is 23.9. The number of nitrogens with zero attached hydrogens (tertiary/aromatic N) is 2. The molecular weight excluding hydrogens is 250 g/mol. The van der Waals surface area contributed by atoms with Gasteiger partial charge in [0.25, 0.3) is 0 Å². The molecule has 0 aromatic carbocycles. The zero-order valence-electron chi connectivity index (χ0n) is 11.8. The lowest BCUT2D eigenvalue weighted by Gasteiger charge is -2.24. The minimum absolute atomic E-state index is 0.298. The van der Waals surface area contributed by atoms with Crippen molar-refractivity contribution in [3.05, 3.63) is 36.2 Å². The van der Waals surface area contributed by atoms with E-state index in [0.717, 1.165) is 18.5 Å². The molecule has 0 aliphatic heterocycles. The van der Waals surface area contributed by atoms with Gasteiger partial charge in [0.05, 0.1) is 11.7 Å². The lowest BCUT2D eigenvalue weighted by molar-refractivity contribution is 0.181. The van der Waals surface area contributed by atoms with Crippen LogP contribution in [0.5, 0.6) is 0 Å². The van der Waals surface area contributed by atoms with Crippen LogP contribution in [0.2, 0.25) is 0 Å². The lowest BCUT2D eigenvalue weighted by atomic mass is 9.95. The highest BCUT2D eigenvalue weighted by Gasteiger charge is 2.22. The van der Waals surface area contributed by atoms with Crippen LogP contribution in [0, 0.1) is 5.92 Å². The fourth-order valence-corrected chi connectivity index (χ4v) is 3.24. The van der Waals surface area contributed by atoms with Crippen LogP contribution in [-0.2, 0) is 6.54 Å². The first-order chi connectivity index (χ1) is 9.88. The van der Waals surface area contributed by atoms with Crippen molar-refractivity contribution >= 4 is 5.52 Å². The van der Waals surface area contributed by atoms with E-state index in [1.807, 2.05) is 29.0 Å². The molecule has 0 amide bonds. The SMILES string of the molecule is OC[C@H]1CCCCC[C@@H]1NCc1cnn2ccccc12. The monoisotopic (exact) mass is 273 g/mol. The molecule has 3 rings (SSSR count). The summed E-state index contributed by atoms with van der Waals surface area (Å²) < 4.78 is 1.91. The maximum Gasteiger partial charge on any atom is 0.0706 e. The Bertz CT molecular complexity index is 551. The van der Waals surface area contributed by atoms with Crippen molar-refractivity contribution in [2.75, 3.05) is 6.61 Å². The van der Waals surface area contributed by atoms with E-state index in [2.05, 4.69) is 16.5 Å². The van der Waals surface area contributed by atoms with Gasteiger partial charge in [0.1, 0.15) is 0 Å². The molecule has 0 unspecified atom stereocenters. The van der Waals surface area contributed by atoms with Crippen LogP contribution in [0.1, 0.15) is 37.7 Å². The molecule has 0 radical (unpaired) electrons. The summed E-state index contributed by atoms with van der Waals surface area (Å²) >= 11 is 0. The average molecular weight is 273 g/mol. The van der Waals surface area contributed by atoms with Gasteiger partial charge < -0.3 is 10.4 Å². The summed E-state index contributed by atoms with van der Waals surface area (Å²) in [5.41, 5.74) is 2.39. The van der Waals surface area contributed by atoms with Gasteiger partial charge in [0.15, 0.2) is 0 Å². The van der Waals surface area contributed by atoms with Gasteiger partial charge in [-0.15, -0.1) is 0 Å². The Hall–Kier alpha value is -1.39. The largest absolute Gasteiger partial charge is 0.396 e. The maximum atomic E-state index is 9.56. The Kier molecular flexibility index (Phi) is 4.33. The van der Waals surface area contributed by atoms with Crippen LogP contribution in [0.3, 0.4) is 0 Å². The smallest absolute Gasteiger partial charge is 0.0706 e. The minimum Gasteiger partial charge on any atom is -0.396 e. The quantitative estimate of drug-likeness (QED) is 0.841. The van der Waals surface area contributed by atoms with E-state index in [1.54, 1.807) is 0 Å². The summed E-state index contributed by atoms with van der Waals surface area (Å²) in [6.45, 7) is 1.13. The molecule has 20 heavy (non-hydrogen) atoms. The van der Waals surface area contributed by atoms with Crippen LogP contribution in [0.15, 0.2) is 30.6 Å². The highest BCUT2D eigenvalue weighted by atomic mass is 16.3. The number of rotatable bonds is 4. The topological polar surface area (TPSA) is 49.6 Å². The Morgan fingerprint density at radius 2 is 2.15 bits per heavy atom. The average Bonchev–Trinajstić information content (AvgIpc) is 2.76. The summed E-state index contributed by atoms with van der Waals surface area (Å²) in [6.07, 6.45) is 10.0. The molecule has 1 aliphatic carbocycles. The third-order valence-corrected chi connectivity index (χ3v) is 4.45. The van der Waals surface area contributed by atoms with Gasteiger partial charge in [0.2, 0.25) is 0 Å². The molecule has 0 saturated heterocycles. The minimum atomic E-state index is 0.298. The molecule has 0 bridgehead atoms. The maximum absolute atomic E-state index is 9.56. The van der Waals surface area contributed by atoms with Gasteiger partial charge in [-0.3, -0.25) is 0 Å². The first-order valence-corrected chi connectivity index (χ1v) is 7.64. The van der Waals surface area contributed by atoms with E-state index in [-0.39, 0.29) is 0 Å². The van der Waals surface area contributed by atoms with Crippen LogP contribution in [0.4, 0.5) is 0 Å². The van der Waals surface area contributed by atoms with Gasteiger partial charge >= 0.3 is 0 Å². The second kappa shape index (κ2) is 6.37. The second-order valence-electron chi connectivity index (χ2n) is 5.77. The molecule has 0 spiro atoms. The Morgan fingerprint density at radius 3 is 3.05 bits per heavy atom. The van der Waals surface area contributed by atoms with E-state index in [4.69, 9.17) is 0 Å². The van der Waals surface area contributed by atoms with E-state index in [0.29, 0.717) is 18.6 Å². The van der Waals surface area contributed by atoms with Gasteiger partial charge in [-0.25, -0.2) is 4.52 Å². The Labute approximate surface area is 119 Å². The van der Waals surface area contributed by atoms with Crippen molar-refractivity contribution < 1.29 is 5.11 Å². The van der Waals surface area contributed by atoms with Crippen molar-refractivity contribution in [3.8, 4) is 0 Å². The predicted molar refractivity (Wildman–Crippen MR) is 79.5 cm³/mol. The molecule has 1 saturated carbocycles.